The summed E-state index contributed by atoms with van der Waals surface area (Å²) in [5.41, 5.74) is 3.64. The van der Waals surface area contributed by atoms with E-state index in [4.69, 9.17) is 4.74 Å². The highest BCUT2D eigenvalue weighted by Gasteiger charge is 2.06. The first kappa shape index (κ1) is 11.9. The van der Waals surface area contributed by atoms with Gasteiger partial charge in [0.2, 0.25) is 5.88 Å². The number of para-hydroxylation sites is 1. The Morgan fingerprint density at radius 1 is 1.24 bits per heavy atom. The minimum absolute atomic E-state index is 0.661. The summed E-state index contributed by atoms with van der Waals surface area (Å²) in [6.07, 6.45) is 2.21. The number of fused-ring (bicyclic) bond motifs is 1. The van der Waals surface area contributed by atoms with Crippen LogP contribution in [-0.4, -0.2) is 11.6 Å². The molecule has 17 heavy (non-hydrogen) atoms. The van der Waals surface area contributed by atoms with E-state index in [9.17, 15) is 0 Å². The summed E-state index contributed by atoms with van der Waals surface area (Å²) >= 11 is 0. The Hall–Kier alpha value is -1.57. The maximum Gasteiger partial charge on any atom is 0.214 e. The Kier molecular flexibility index (Phi) is 3.62. The van der Waals surface area contributed by atoms with Crippen molar-refractivity contribution >= 4 is 10.9 Å². The van der Waals surface area contributed by atoms with Gasteiger partial charge in [0, 0.05) is 11.5 Å². The first-order chi connectivity index (χ1) is 8.26. The molecule has 0 aliphatic heterocycles. The molecule has 0 aliphatic rings. The largest absolute Gasteiger partial charge is 0.478 e. The van der Waals surface area contributed by atoms with E-state index in [2.05, 4.69) is 37.0 Å². The van der Waals surface area contributed by atoms with E-state index in [1.165, 1.54) is 16.5 Å². The summed E-state index contributed by atoms with van der Waals surface area (Å²) in [5, 5.41) is 1.24. The molecule has 2 nitrogen and oxygen atoms in total. The predicted molar refractivity (Wildman–Crippen MR) is 71.6 cm³/mol. The molecule has 0 amide bonds. The topological polar surface area (TPSA) is 22.1 Å². The van der Waals surface area contributed by atoms with Crippen LogP contribution < -0.4 is 4.74 Å². The Morgan fingerprint density at radius 2 is 2.06 bits per heavy atom. The molecule has 0 saturated heterocycles. The van der Waals surface area contributed by atoms with E-state index in [0.717, 1.165) is 24.2 Å². The number of pyridine rings is 1. The predicted octanol–water partition coefficient (Wildman–Crippen LogP) is 3.89. The third kappa shape index (κ3) is 2.41. The Morgan fingerprint density at radius 3 is 2.76 bits per heavy atom. The van der Waals surface area contributed by atoms with Crippen LogP contribution in [0.25, 0.3) is 10.9 Å². The van der Waals surface area contributed by atoms with Crippen LogP contribution in [-0.2, 0) is 6.42 Å². The molecule has 0 spiro atoms. The molecule has 0 unspecified atom stereocenters. The average molecular weight is 229 g/mol. The molecule has 1 heterocycles. The molecule has 0 fully saturated rings. The zero-order valence-electron chi connectivity index (χ0n) is 10.8. The molecule has 0 aliphatic carbocycles. The summed E-state index contributed by atoms with van der Waals surface area (Å²) in [4.78, 5) is 4.62. The minimum atomic E-state index is 0.661. The molecule has 0 atom stereocenters. The molecule has 0 saturated carbocycles. The monoisotopic (exact) mass is 229 g/mol. The lowest BCUT2D eigenvalue weighted by molar-refractivity contribution is 0.328. The van der Waals surface area contributed by atoms with E-state index in [1.54, 1.807) is 0 Å². The van der Waals surface area contributed by atoms with Gasteiger partial charge in [-0.05, 0) is 31.4 Å². The summed E-state index contributed by atoms with van der Waals surface area (Å²) in [6, 6.07) is 8.42. The van der Waals surface area contributed by atoms with Crippen LogP contribution in [0.15, 0.2) is 24.3 Å². The molecule has 2 aromatic rings. The average Bonchev–Trinajstić information content (AvgIpc) is 2.31. The van der Waals surface area contributed by atoms with Crippen molar-refractivity contribution in [2.75, 3.05) is 6.61 Å². The second-order valence-corrected chi connectivity index (χ2v) is 4.27. The van der Waals surface area contributed by atoms with Crippen molar-refractivity contribution < 1.29 is 4.74 Å². The van der Waals surface area contributed by atoms with Gasteiger partial charge in [-0.1, -0.05) is 31.5 Å². The van der Waals surface area contributed by atoms with Crippen molar-refractivity contribution in [2.24, 2.45) is 0 Å². The van der Waals surface area contributed by atoms with E-state index >= 15 is 0 Å². The van der Waals surface area contributed by atoms with Gasteiger partial charge >= 0.3 is 0 Å². The van der Waals surface area contributed by atoms with Gasteiger partial charge in [0.05, 0.1) is 12.1 Å². The van der Waals surface area contributed by atoms with Gasteiger partial charge in [0.25, 0.3) is 0 Å². The number of benzene rings is 1. The van der Waals surface area contributed by atoms with Crippen LogP contribution >= 0.6 is 0 Å². The van der Waals surface area contributed by atoms with Crippen molar-refractivity contribution in [2.45, 2.75) is 33.6 Å². The molecule has 0 bridgehead atoms. The van der Waals surface area contributed by atoms with Crippen LogP contribution in [0.4, 0.5) is 0 Å². The number of ether oxygens (including phenoxy) is 1. The highest BCUT2D eigenvalue weighted by molar-refractivity contribution is 5.85. The highest BCUT2D eigenvalue weighted by atomic mass is 16.5. The van der Waals surface area contributed by atoms with Gasteiger partial charge in [-0.3, -0.25) is 0 Å². The SMILES string of the molecule is CCCc1cccc2c(C)cc(OCC)nc12. The number of nitrogens with zero attached hydrogens (tertiary/aromatic N) is 1. The summed E-state index contributed by atoms with van der Waals surface area (Å²) in [6.45, 7) is 6.95. The molecule has 2 rings (SSSR count). The fourth-order valence-corrected chi connectivity index (χ4v) is 2.14. The third-order valence-electron chi connectivity index (χ3n) is 2.92. The quantitative estimate of drug-likeness (QED) is 0.793. The summed E-state index contributed by atoms with van der Waals surface area (Å²) in [7, 11) is 0. The fraction of sp³-hybridized carbons (Fsp3) is 0.400. The van der Waals surface area contributed by atoms with Gasteiger partial charge in [-0.2, -0.15) is 0 Å². The molecule has 2 heteroatoms. The van der Waals surface area contributed by atoms with Gasteiger partial charge in [-0.25, -0.2) is 4.98 Å². The Labute approximate surface area is 103 Å². The van der Waals surface area contributed by atoms with E-state index in [-0.39, 0.29) is 0 Å². The second-order valence-electron chi connectivity index (χ2n) is 4.27. The van der Waals surface area contributed by atoms with E-state index in [1.807, 2.05) is 13.0 Å². The maximum atomic E-state index is 5.52. The van der Waals surface area contributed by atoms with E-state index in [0.29, 0.717) is 6.61 Å². The summed E-state index contributed by atoms with van der Waals surface area (Å²) in [5.74, 6) is 0.737. The molecule has 1 aromatic carbocycles. The Bertz CT molecular complexity index is 520. The van der Waals surface area contributed by atoms with Crippen LogP contribution in [0, 0.1) is 6.92 Å². The molecular formula is C15H19NO. The zero-order valence-corrected chi connectivity index (χ0v) is 10.8. The number of rotatable bonds is 4. The lowest BCUT2D eigenvalue weighted by Gasteiger charge is -2.10. The van der Waals surface area contributed by atoms with Crippen molar-refractivity contribution in [1.82, 2.24) is 4.98 Å². The molecular weight excluding hydrogens is 210 g/mol. The number of aromatic nitrogens is 1. The highest BCUT2D eigenvalue weighted by Crippen LogP contribution is 2.25. The van der Waals surface area contributed by atoms with E-state index < -0.39 is 0 Å². The minimum Gasteiger partial charge on any atom is -0.478 e. The van der Waals surface area contributed by atoms with Crippen LogP contribution in [0.1, 0.15) is 31.4 Å². The first-order valence-corrected chi connectivity index (χ1v) is 6.28. The van der Waals surface area contributed by atoms with Crippen molar-refractivity contribution in [3.63, 3.8) is 0 Å². The van der Waals surface area contributed by atoms with Crippen molar-refractivity contribution in [1.29, 1.82) is 0 Å². The second kappa shape index (κ2) is 5.17. The lowest BCUT2D eigenvalue weighted by Crippen LogP contribution is -1.97. The van der Waals surface area contributed by atoms with Crippen molar-refractivity contribution in [3.05, 3.63) is 35.4 Å². The summed E-state index contributed by atoms with van der Waals surface area (Å²) < 4.78 is 5.52. The fourth-order valence-electron chi connectivity index (χ4n) is 2.14. The lowest BCUT2D eigenvalue weighted by atomic mass is 10.0. The molecule has 90 valence electrons. The molecule has 0 N–H and O–H groups in total. The number of aryl methyl sites for hydroxylation is 2. The molecule has 0 radical (unpaired) electrons. The van der Waals surface area contributed by atoms with Gasteiger partial charge in [0.1, 0.15) is 0 Å². The normalized spacial score (nSPS) is 10.8. The van der Waals surface area contributed by atoms with Crippen LogP contribution in [0.2, 0.25) is 0 Å². The number of hydrogen-bond acceptors (Lipinski definition) is 2. The van der Waals surface area contributed by atoms with Crippen LogP contribution in [0.3, 0.4) is 0 Å². The Balaban J connectivity index is 2.60. The van der Waals surface area contributed by atoms with Gasteiger partial charge < -0.3 is 4.74 Å². The molecule has 1 aromatic heterocycles. The standard InChI is InChI=1S/C15H19NO/c1-4-7-12-8-6-9-13-11(3)10-14(17-5-2)16-15(12)13/h6,8-10H,4-5,7H2,1-3H3. The van der Waals surface area contributed by atoms with Gasteiger partial charge in [0.15, 0.2) is 0 Å². The maximum absolute atomic E-state index is 5.52. The van der Waals surface area contributed by atoms with Crippen LogP contribution in [0.5, 0.6) is 5.88 Å². The first-order valence-electron chi connectivity index (χ1n) is 6.28. The third-order valence-corrected chi connectivity index (χ3v) is 2.92. The zero-order chi connectivity index (χ0) is 12.3. The number of hydrogen-bond donors (Lipinski definition) is 0. The van der Waals surface area contributed by atoms with Crippen molar-refractivity contribution in [3.8, 4) is 5.88 Å². The van der Waals surface area contributed by atoms with Gasteiger partial charge in [-0.15, -0.1) is 0 Å². The smallest absolute Gasteiger partial charge is 0.214 e.